The number of rotatable bonds is 7. The largest absolute Gasteiger partial charge is 0.396 e. The van der Waals surface area contributed by atoms with Crippen LogP contribution in [0.4, 0.5) is 0 Å². The number of aliphatic hydroxyl groups excluding tert-OH is 1. The first-order chi connectivity index (χ1) is 8.55. The smallest absolute Gasteiger partial charge is 0.0499 e. The predicted molar refractivity (Wildman–Crippen MR) is 78.3 cm³/mol. The number of benzene rings is 1. The molecule has 1 aromatic rings. The average molecular weight is 290 g/mol. The molecule has 0 amide bonds. The zero-order valence-electron chi connectivity index (χ0n) is 11.0. The second kappa shape index (κ2) is 7.34. The van der Waals surface area contributed by atoms with Gasteiger partial charge in [-0.05, 0) is 36.6 Å². The minimum absolute atomic E-state index is 0.0254. The van der Waals surface area contributed by atoms with Crippen LogP contribution >= 0.6 is 23.2 Å². The lowest BCUT2D eigenvalue weighted by atomic mass is 9.83. The zero-order chi connectivity index (χ0) is 13.6. The van der Waals surface area contributed by atoms with Gasteiger partial charge in [-0.25, -0.2) is 0 Å². The fourth-order valence-corrected chi connectivity index (χ4v) is 2.54. The van der Waals surface area contributed by atoms with Crippen LogP contribution < -0.4 is 5.32 Å². The van der Waals surface area contributed by atoms with Gasteiger partial charge in [-0.1, -0.05) is 37.0 Å². The molecule has 0 aromatic heterocycles. The Bertz CT molecular complexity index is 350. The molecule has 102 valence electrons. The van der Waals surface area contributed by atoms with Crippen LogP contribution in [-0.4, -0.2) is 18.3 Å². The quantitative estimate of drug-likeness (QED) is 0.798. The van der Waals surface area contributed by atoms with Crippen molar-refractivity contribution in [1.82, 2.24) is 5.32 Å². The van der Waals surface area contributed by atoms with E-state index in [1.807, 2.05) is 12.1 Å². The summed E-state index contributed by atoms with van der Waals surface area (Å²) in [4.78, 5) is 0. The molecule has 0 radical (unpaired) electrons. The Morgan fingerprint density at radius 3 is 2.11 bits per heavy atom. The summed E-state index contributed by atoms with van der Waals surface area (Å²) in [5.74, 6) is 0. The molecule has 0 saturated heterocycles. The average Bonchev–Trinajstić information content (AvgIpc) is 2.34. The van der Waals surface area contributed by atoms with E-state index in [0.29, 0.717) is 16.6 Å². The molecule has 18 heavy (non-hydrogen) atoms. The van der Waals surface area contributed by atoms with Crippen molar-refractivity contribution in [2.45, 2.75) is 33.2 Å². The van der Waals surface area contributed by atoms with Crippen molar-refractivity contribution >= 4 is 23.2 Å². The molecule has 0 aliphatic heterocycles. The Balaban J connectivity index is 2.55. The minimum atomic E-state index is -0.0254. The van der Waals surface area contributed by atoms with Crippen molar-refractivity contribution < 1.29 is 5.11 Å². The summed E-state index contributed by atoms with van der Waals surface area (Å²) in [5.41, 5.74) is 1.04. The van der Waals surface area contributed by atoms with Gasteiger partial charge in [0.1, 0.15) is 0 Å². The monoisotopic (exact) mass is 289 g/mol. The molecule has 0 aliphatic carbocycles. The SMILES string of the molecule is CCC(CC)(CO)CNCc1cc(Cl)cc(Cl)c1. The molecule has 4 heteroatoms. The van der Waals surface area contributed by atoms with E-state index in [-0.39, 0.29) is 12.0 Å². The van der Waals surface area contributed by atoms with E-state index in [1.54, 1.807) is 6.07 Å². The molecule has 0 bridgehead atoms. The molecule has 0 saturated carbocycles. The molecular weight excluding hydrogens is 269 g/mol. The van der Waals surface area contributed by atoms with Gasteiger partial charge in [0.15, 0.2) is 0 Å². The fraction of sp³-hybridized carbons (Fsp3) is 0.571. The normalized spacial score (nSPS) is 11.8. The number of halogens is 2. The van der Waals surface area contributed by atoms with Crippen molar-refractivity contribution in [1.29, 1.82) is 0 Å². The van der Waals surface area contributed by atoms with Crippen LogP contribution in [0.15, 0.2) is 18.2 Å². The van der Waals surface area contributed by atoms with Crippen molar-refractivity contribution in [2.75, 3.05) is 13.2 Å². The summed E-state index contributed by atoms with van der Waals surface area (Å²) in [5, 5.41) is 14.2. The van der Waals surface area contributed by atoms with E-state index in [4.69, 9.17) is 23.2 Å². The molecule has 0 heterocycles. The highest BCUT2D eigenvalue weighted by Crippen LogP contribution is 2.25. The first kappa shape index (κ1) is 15.8. The summed E-state index contributed by atoms with van der Waals surface area (Å²) >= 11 is 11.9. The minimum Gasteiger partial charge on any atom is -0.396 e. The third kappa shape index (κ3) is 4.43. The van der Waals surface area contributed by atoms with E-state index < -0.39 is 0 Å². The molecule has 0 spiro atoms. The number of aliphatic hydroxyl groups is 1. The molecule has 2 N–H and O–H groups in total. The van der Waals surface area contributed by atoms with Crippen LogP contribution in [0.3, 0.4) is 0 Å². The van der Waals surface area contributed by atoms with E-state index in [9.17, 15) is 5.11 Å². The van der Waals surface area contributed by atoms with Gasteiger partial charge in [-0.3, -0.25) is 0 Å². The highest BCUT2D eigenvalue weighted by molar-refractivity contribution is 6.34. The van der Waals surface area contributed by atoms with Crippen LogP contribution in [-0.2, 0) is 6.54 Å². The Labute approximate surface area is 119 Å². The zero-order valence-corrected chi connectivity index (χ0v) is 12.5. The Kier molecular flexibility index (Phi) is 6.44. The molecule has 0 atom stereocenters. The van der Waals surface area contributed by atoms with Gasteiger partial charge in [0.05, 0.1) is 0 Å². The fourth-order valence-electron chi connectivity index (χ4n) is 1.96. The lowest BCUT2D eigenvalue weighted by Gasteiger charge is -2.29. The first-order valence-corrected chi connectivity index (χ1v) is 7.07. The van der Waals surface area contributed by atoms with Crippen molar-refractivity contribution in [3.63, 3.8) is 0 Å². The van der Waals surface area contributed by atoms with Gasteiger partial charge in [0, 0.05) is 35.2 Å². The molecule has 0 unspecified atom stereocenters. The Morgan fingerprint density at radius 1 is 1.11 bits per heavy atom. The third-order valence-corrected chi connectivity index (χ3v) is 4.02. The number of hydrogen-bond acceptors (Lipinski definition) is 2. The van der Waals surface area contributed by atoms with E-state index in [0.717, 1.165) is 24.9 Å². The van der Waals surface area contributed by atoms with E-state index >= 15 is 0 Å². The maximum Gasteiger partial charge on any atom is 0.0499 e. The Morgan fingerprint density at radius 2 is 1.67 bits per heavy atom. The summed E-state index contributed by atoms with van der Waals surface area (Å²) in [6.45, 7) is 5.93. The predicted octanol–water partition coefficient (Wildman–Crippen LogP) is 3.88. The van der Waals surface area contributed by atoms with Crippen LogP contribution in [0.1, 0.15) is 32.3 Å². The van der Waals surface area contributed by atoms with Crippen molar-refractivity contribution in [3.8, 4) is 0 Å². The summed E-state index contributed by atoms with van der Waals surface area (Å²) < 4.78 is 0. The Hall–Kier alpha value is -0.280. The molecular formula is C14H21Cl2NO. The summed E-state index contributed by atoms with van der Waals surface area (Å²) in [6.07, 6.45) is 1.92. The second-order valence-corrected chi connectivity index (χ2v) is 5.62. The maximum absolute atomic E-state index is 9.48. The van der Waals surface area contributed by atoms with Crippen LogP contribution in [0.2, 0.25) is 10.0 Å². The molecule has 0 fully saturated rings. The molecule has 1 rings (SSSR count). The van der Waals surface area contributed by atoms with Gasteiger partial charge >= 0.3 is 0 Å². The van der Waals surface area contributed by atoms with Crippen molar-refractivity contribution in [3.05, 3.63) is 33.8 Å². The van der Waals surface area contributed by atoms with Crippen LogP contribution in [0.5, 0.6) is 0 Å². The van der Waals surface area contributed by atoms with Crippen LogP contribution in [0, 0.1) is 5.41 Å². The first-order valence-electron chi connectivity index (χ1n) is 6.32. The third-order valence-electron chi connectivity index (χ3n) is 3.59. The van der Waals surface area contributed by atoms with E-state index in [1.165, 1.54) is 0 Å². The highest BCUT2D eigenvalue weighted by atomic mass is 35.5. The second-order valence-electron chi connectivity index (χ2n) is 4.75. The van der Waals surface area contributed by atoms with Crippen molar-refractivity contribution in [2.24, 2.45) is 5.41 Å². The highest BCUT2D eigenvalue weighted by Gasteiger charge is 2.24. The van der Waals surface area contributed by atoms with Gasteiger partial charge < -0.3 is 10.4 Å². The molecule has 1 aromatic carbocycles. The standard InChI is InChI=1S/C14H21Cl2NO/c1-3-14(4-2,10-18)9-17-8-11-5-12(15)7-13(16)6-11/h5-7,17-18H,3-4,8-10H2,1-2H3. The lowest BCUT2D eigenvalue weighted by molar-refractivity contribution is 0.113. The summed E-state index contributed by atoms with van der Waals surface area (Å²) in [7, 11) is 0. The molecule has 0 aliphatic rings. The van der Waals surface area contributed by atoms with E-state index in [2.05, 4.69) is 19.2 Å². The van der Waals surface area contributed by atoms with Crippen LogP contribution in [0.25, 0.3) is 0 Å². The lowest BCUT2D eigenvalue weighted by Crippen LogP contribution is -2.36. The van der Waals surface area contributed by atoms with Gasteiger partial charge in [0.25, 0.3) is 0 Å². The molecule has 2 nitrogen and oxygen atoms in total. The summed E-state index contributed by atoms with van der Waals surface area (Å²) in [6, 6.07) is 5.53. The van der Waals surface area contributed by atoms with Gasteiger partial charge in [-0.15, -0.1) is 0 Å². The number of hydrogen-bond donors (Lipinski definition) is 2. The maximum atomic E-state index is 9.48. The van der Waals surface area contributed by atoms with Gasteiger partial charge in [0.2, 0.25) is 0 Å². The number of nitrogens with one attached hydrogen (secondary N) is 1. The topological polar surface area (TPSA) is 32.3 Å². The van der Waals surface area contributed by atoms with Gasteiger partial charge in [-0.2, -0.15) is 0 Å².